The van der Waals surface area contributed by atoms with Crippen LogP contribution in [-0.2, 0) is 7.05 Å². The van der Waals surface area contributed by atoms with Gasteiger partial charge in [0.1, 0.15) is 17.4 Å². The van der Waals surface area contributed by atoms with Crippen LogP contribution in [0.3, 0.4) is 0 Å². The molecule has 3 heterocycles. The zero-order chi connectivity index (χ0) is 24.0. The number of aliphatic hydroxyl groups excluding tert-OH is 1. The van der Waals surface area contributed by atoms with Crippen molar-refractivity contribution < 1.29 is 14.6 Å². The van der Waals surface area contributed by atoms with E-state index in [0.29, 0.717) is 47.7 Å². The fourth-order valence-corrected chi connectivity index (χ4v) is 4.54. The van der Waals surface area contributed by atoms with Crippen molar-refractivity contribution in [1.29, 1.82) is 0 Å². The number of phenols is 1. The highest BCUT2D eigenvalue weighted by Crippen LogP contribution is 2.41. The van der Waals surface area contributed by atoms with Gasteiger partial charge in [-0.2, -0.15) is 0 Å². The van der Waals surface area contributed by atoms with Gasteiger partial charge < -0.3 is 19.7 Å². The number of nitrogens with zero attached hydrogens (tertiary/aromatic N) is 4. The molecule has 1 aliphatic heterocycles. The summed E-state index contributed by atoms with van der Waals surface area (Å²) in [5.41, 5.74) is 1.94. The molecular formula is C25H22ClFN4O3. The van der Waals surface area contributed by atoms with Gasteiger partial charge in [0, 0.05) is 49.9 Å². The smallest absolute Gasteiger partial charge is 0.332 e. The van der Waals surface area contributed by atoms with Crippen LogP contribution in [0.1, 0.15) is 6.42 Å². The van der Waals surface area contributed by atoms with Crippen LogP contribution in [0, 0.1) is 5.82 Å². The molecule has 1 saturated heterocycles. The molecule has 4 aromatic rings. The number of aryl methyl sites for hydroxylation is 1. The van der Waals surface area contributed by atoms with E-state index < -0.39 is 11.9 Å². The van der Waals surface area contributed by atoms with E-state index in [-0.39, 0.29) is 22.0 Å². The molecule has 34 heavy (non-hydrogen) atoms. The molecule has 0 spiro atoms. The average Bonchev–Trinajstić information content (AvgIpc) is 3.40. The van der Waals surface area contributed by atoms with Crippen LogP contribution in [0.5, 0.6) is 5.75 Å². The number of benzene rings is 2. The molecule has 1 aliphatic rings. The Hall–Kier alpha value is -3.62. The average molecular weight is 481 g/mol. The Balaban J connectivity index is 1.55. The molecule has 5 rings (SSSR count). The Bertz CT molecular complexity index is 1450. The maximum absolute atomic E-state index is 14.7. The van der Waals surface area contributed by atoms with Crippen LogP contribution < -0.4 is 10.6 Å². The van der Waals surface area contributed by atoms with Gasteiger partial charge in [-0.1, -0.05) is 17.7 Å². The number of phenolic OH excluding ortho intramolecular Hbond substituents is 1. The number of imidazole rings is 1. The van der Waals surface area contributed by atoms with E-state index in [4.69, 9.17) is 11.6 Å². The van der Waals surface area contributed by atoms with Gasteiger partial charge in [-0.15, -0.1) is 0 Å². The van der Waals surface area contributed by atoms with Crippen molar-refractivity contribution in [3.8, 4) is 33.7 Å². The highest BCUT2D eigenvalue weighted by atomic mass is 35.5. The van der Waals surface area contributed by atoms with Gasteiger partial charge >= 0.3 is 5.69 Å². The SMILES string of the molecule is Cn1ccn(-c2ccc(-c3cc(F)cc(-c4ccnc(N5CC[C@@H](O)C5)c4)c3O)cc2Cl)c1=O. The summed E-state index contributed by atoms with van der Waals surface area (Å²) >= 11 is 6.47. The van der Waals surface area contributed by atoms with Crippen molar-refractivity contribution in [3.63, 3.8) is 0 Å². The summed E-state index contributed by atoms with van der Waals surface area (Å²) < 4.78 is 17.5. The Morgan fingerprint density at radius 2 is 1.82 bits per heavy atom. The summed E-state index contributed by atoms with van der Waals surface area (Å²) in [5, 5.41) is 21.2. The molecule has 1 atom stereocenters. The van der Waals surface area contributed by atoms with Crippen LogP contribution >= 0.6 is 11.6 Å². The van der Waals surface area contributed by atoms with Crippen LogP contribution in [0.2, 0.25) is 5.02 Å². The first-order valence-electron chi connectivity index (χ1n) is 10.8. The van der Waals surface area contributed by atoms with Crippen molar-refractivity contribution in [2.75, 3.05) is 18.0 Å². The molecule has 2 aromatic heterocycles. The first-order chi connectivity index (χ1) is 16.3. The molecule has 9 heteroatoms. The fraction of sp³-hybridized carbons (Fsp3) is 0.200. The lowest BCUT2D eigenvalue weighted by Gasteiger charge is -2.18. The van der Waals surface area contributed by atoms with Gasteiger partial charge in [0.25, 0.3) is 0 Å². The molecule has 174 valence electrons. The summed E-state index contributed by atoms with van der Waals surface area (Å²) in [6, 6.07) is 10.9. The minimum Gasteiger partial charge on any atom is -0.507 e. The predicted molar refractivity (Wildman–Crippen MR) is 129 cm³/mol. The predicted octanol–water partition coefficient (Wildman–Crippen LogP) is 3.97. The molecule has 0 amide bonds. The highest BCUT2D eigenvalue weighted by Gasteiger charge is 2.22. The van der Waals surface area contributed by atoms with E-state index in [1.807, 2.05) is 4.90 Å². The third-order valence-corrected chi connectivity index (χ3v) is 6.39. The van der Waals surface area contributed by atoms with Crippen molar-refractivity contribution in [3.05, 3.63) is 82.4 Å². The van der Waals surface area contributed by atoms with E-state index in [0.717, 1.165) is 0 Å². The molecular weight excluding hydrogens is 459 g/mol. The second kappa shape index (κ2) is 8.62. The minimum absolute atomic E-state index is 0.0966. The lowest BCUT2D eigenvalue weighted by Crippen LogP contribution is -2.22. The largest absolute Gasteiger partial charge is 0.507 e. The lowest BCUT2D eigenvalue weighted by atomic mass is 9.97. The monoisotopic (exact) mass is 480 g/mol. The van der Waals surface area contributed by atoms with Gasteiger partial charge in [-0.3, -0.25) is 4.57 Å². The Morgan fingerprint density at radius 1 is 1.09 bits per heavy atom. The Morgan fingerprint density at radius 3 is 2.44 bits per heavy atom. The number of halogens is 2. The van der Waals surface area contributed by atoms with Crippen LogP contribution in [0.25, 0.3) is 27.9 Å². The van der Waals surface area contributed by atoms with Gasteiger partial charge in [0.05, 0.1) is 16.8 Å². The summed E-state index contributed by atoms with van der Waals surface area (Å²) in [6.07, 6.45) is 5.10. The quantitative estimate of drug-likeness (QED) is 0.461. The normalized spacial score (nSPS) is 15.8. The van der Waals surface area contributed by atoms with Crippen molar-refractivity contribution in [2.45, 2.75) is 12.5 Å². The van der Waals surface area contributed by atoms with Gasteiger partial charge in [0.15, 0.2) is 0 Å². The number of aromatic hydroxyl groups is 1. The van der Waals surface area contributed by atoms with Crippen molar-refractivity contribution >= 4 is 17.4 Å². The summed E-state index contributed by atoms with van der Waals surface area (Å²) in [4.78, 5) is 18.6. The van der Waals surface area contributed by atoms with Crippen LogP contribution in [-0.4, -0.2) is 43.5 Å². The molecule has 0 radical (unpaired) electrons. The molecule has 0 bridgehead atoms. The maximum Gasteiger partial charge on any atom is 0.332 e. The molecule has 2 N–H and O–H groups in total. The molecule has 0 aliphatic carbocycles. The summed E-state index contributed by atoms with van der Waals surface area (Å²) in [5.74, 6) is 0.0397. The molecule has 7 nitrogen and oxygen atoms in total. The first kappa shape index (κ1) is 22.2. The summed E-state index contributed by atoms with van der Waals surface area (Å²) in [7, 11) is 1.64. The second-order valence-electron chi connectivity index (χ2n) is 8.37. The zero-order valence-electron chi connectivity index (χ0n) is 18.3. The molecule has 1 fully saturated rings. The topological polar surface area (TPSA) is 83.5 Å². The Labute approximate surface area is 199 Å². The van der Waals surface area contributed by atoms with Crippen molar-refractivity contribution in [2.24, 2.45) is 7.05 Å². The molecule has 2 aromatic carbocycles. The van der Waals surface area contributed by atoms with Gasteiger partial charge in [-0.05, 0) is 53.9 Å². The number of hydrogen-bond acceptors (Lipinski definition) is 5. The lowest BCUT2D eigenvalue weighted by molar-refractivity contribution is 0.198. The Kier molecular flexibility index (Phi) is 5.63. The third-order valence-electron chi connectivity index (χ3n) is 6.08. The van der Waals surface area contributed by atoms with Gasteiger partial charge in [-0.25, -0.2) is 14.2 Å². The minimum atomic E-state index is -0.516. The second-order valence-corrected chi connectivity index (χ2v) is 8.78. The maximum atomic E-state index is 14.7. The third kappa shape index (κ3) is 3.95. The van der Waals surface area contributed by atoms with Crippen LogP contribution in [0.4, 0.5) is 10.2 Å². The zero-order valence-corrected chi connectivity index (χ0v) is 19.1. The number of rotatable bonds is 4. The number of aromatic nitrogens is 3. The van der Waals surface area contributed by atoms with E-state index in [1.165, 1.54) is 21.3 Å². The standard InChI is InChI=1S/C25H22ClFN4O3/c1-29-8-9-31(25(29)34)22-3-2-15(10-21(22)26)19-12-17(27)13-20(24(19)33)16-4-6-28-23(11-16)30-7-5-18(32)14-30/h2-4,6,8-13,18,32-33H,5,7,14H2,1H3/t18-/m1/s1. The highest BCUT2D eigenvalue weighted by molar-refractivity contribution is 6.32. The van der Waals surface area contributed by atoms with Crippen molar-refractivity contribution in [1.82, 2.24) is 14.1 Å². The number of aliphatic hydroxyl groups is 1. The van der Waals surface area contributed by atoms with E-state index in [1.54, 1.807) is 56.0 Å². The molecule has 0 unspecified atom stereocenters. The first-order valence-corrected chi connectivity index (χ1v) is 11.2. The number of pyridine rings is 1. The fourth-order valence-electron chi connectivity index (χ4n) is 4.27. The number of β-amino-alcohol motifs (C(OH)–C–C–N with tert-alkyl or cyclic N) is 1. The van der Waals surface area contributed by atoms with E-state index >= 15 is 0 Å². The number of anilines is 1. The van der Waals surface area contributed by atoms with E-state index in [2.05, 4.69) is 4.98 Å². The van der Waals surface area contributed by atoms with Crippen LogP contribution in [0.15, 0.2) is 65.8 Å². The summed E-state index contributed by atoms with van der Waals surface area (Å²) in [6.45, 7) is 1.15. The molecule has 0 saturated carbocycles. The number of hydrogen-bond donors (Lipinski definition) is 2. The van der Waals surface area contributed by atoms with E-state index in [9.17, 15) is 19.4 Å². The van der Waals surface area contributed by atoms with Gasteiger partial charge in [0.2, 0.25) is 0 Å².